The molecule has 0 amide bonds. The standard InChI is InChI=1S/C15H27N3S/c1-4-9-18(14-7-5-13(16)6-8-14)11(2)15-10-19-12(3)17-15/h10-11,13-14H,4-9,16H2,1-3H3. The lowest BCUT2D eigenvalue weighted by atomic mass is 9.89. The molecule has 108 valence electrons. The molecular formula is C15H27N3S. The Morgan fingerprint density at radius 3 is 2.63 bits per heavy atom. The Bertz CT molecular complexity index is 382. The number of hydrogen-bond donors (Lipinski definition) is 1. The second-order valence-electron chi connectivity index (χ2n) is 5.77. The second kappa shape index (κ2) is 6.82. The fraction of sp³-hybridized carbons (Fsp3) is 0.800. The van der Waals surface area contributed by atoms with Gasteiger partial charge in [-0.2, -0.15) is 0 Å². The molecule has 19 heavy (non-hydrogen) atoms. The molecule has 2 N–H and O–H groups in total. The first-order chi connectivity index (χ1) is 9.11. The first-order valence-corrected chi connectivity index (χ1v) is 8.43. The van der Waals surface area contributed by atoms with Gasteiger partial charge in [0.25, 0.3) is 0 Å². The topological polar surface area (TPSA) is 42.1 Å². The molecule has 1 aromatic heterocycles. The summed E-state index contributed by atoms with van der Waals surface area (Å²) in [7, 11) is 0. The molecule has 1 saturated carbocycles. The SMILES string of the molecule is CCCN(C1CCC(N)CC1)C(C)c1csc(C)n1. The Morgan fingerprint density at radius 2 is 2.11 bits per heavy atom. The molecule has 1 aromatic rings. The molecule has 1 aliphatic carbocycles. The molecule has 0 spiro atoms. The molecule has 0 radical (unpaired) electrons. The molecule has 0 aromatic carbocycles. The minimum atomic E-state index is 0.427. The van der Waals surface area contributed by atoms with Gasteiger partial charge in [-0.25, -0.2) is 4.98 Å². The number of aromatic nitrogens is 1. The van der Waals surface area contributed by atoms with E-state index in [0.717, 1.165) is 6.54 Å². The minimum Gasteiger partial charge on any atom is -0.328 e. The lowest BCUT2D eigenvalue weighted by Crippen LogP contribution is -2.42. The predicted octanol–water partition coefficient (Wildman–Crippen LogP) is 3.49. The van der Waals surface area contributed by atoms with Crippen LogP contribution in [0, 0.1) is 6.92 Å². The van der Waals surface area contributed by atoms with Crippen LogP contribution in [-0.4, -0.2) is 28.5 Å². The van der Waals surface area contributed by atoms with Crippen molar-refractivity contribution in [1.82, 2.24) is 9.88 Å². The third-order valence-corrected chi connectivity index (χ3v) is 5.05. The molecule has 1 unspecified atom stereocenters. The van der Waals surface area contributed by atoms with Gasteiger partial charge in [-0.15, -0.1) is 11.3 Å². The highest BCUT2D eigenvalue weighted by molar-refractivity contribution is 7.09. The molecule has 2 rings (SSSR count). The molecule has 1 heterocycles. The predicted molar refractivity (Wildman–Crippen MR) is 82.5 cm³/mol. The van der Waals surface area contributed by atoms with Crippen molar-refractivity contribution in [3.05, 3.63) is 16.1 Å². The Labute approximate surface area is 121 Å². The smallest absolute Gasteiger partial charge is 0.0898 e. The summed E-state index contributed by atoms with van der Waals surface area (Å²) in [6, 6.07) is 1.55. The van der Waals surface area contributed by atoms with Gasteiger partial charge in [0.2, 0.25) is 0 Å². The highest BCUT2D eigenvalue weighted by Crippen LogP contribution is 2.30. The first kappa shape index (κ1) is 14.9. The fourth-order valence-electron chi connectivity index (χ4n) is 3.13. The van der Waals surface area contributed by atoms with E-state index < -0.39 is 0 Å². The number of rotatable bonds is 5. The van der Waals surface area contributed by atoms with Gasteiger partial charge in [0.15, 0.2) is 0 Å². The molecule has 1 fully saturated rings. The van der Waals surface area contributed by atoms with Gasteiger partial charge in [0.1, 0.15) is 0 Å². The molecule has 1 aliphatic rings. The van der Waals surface area contributed by atoms with Gasteiger partial charge < -0.3 is 5.73 Å². The van der Waals surface area contributed by atoms with Crippen molar-refractivity contribution >= 4 is 11.3 Å². The van der Waals surface area contributed by atoms with Crippen LogP contribution in [0.2, 0.25) is 0 Å². The number of thiazole rings is 1. The maximum absolute atomic E-state index is 6.03. The Kier molecular flexibility index (Phi) is 5.37. The second-order valence-corrected chi connectivity index (χ2v) is 6.84. The van der Waals surface area contributed by atoms with Crippen LogP contribution in [0.5, 0.6) is 0 Å². The number of aryl methyl sites for hydroxylation is 1. The third-order valence-electron chi connectivity index (χ3n) is 4.25. The Hall–Kier alpha value is -0.450. The summed E-state index contributed by atoms with van der Waals surface area (Å²) >= 11 is 1.76. The van der Waals surface area contributed by atoms with Crippen molar-refractivity contribution in [1.29, 1.82) is 0 Å². The molecule has 4 heteroatoms. The van der Waals surface area contributed by atoms with Crippen LogP contribution < -0.4 is 5.73 Å². The van der Waals surface area contributed by atoms with Crippen molar-refractivity contribution in [3.8, 4) is 0 Å². The van der Waals surface area contributed by atoms with Crippen LogP contribution in [0.25, 0.3) is 0 Å². The highest BCUT2D eigenvalue weighted by atomic mass is 32.1. The van der Waals surface area contributed by atoms with E-state index in [4.69, 9.17) is 5.73 Å². The minimum absolute atomic E-state index is 0.427. The van der Waals surface area contributed by atoms with Crippen LogP contribution in [0.1, 0.15) is 62.7 Å². The summed E-state index contributed by atoms with van der Waals surface area (Å²) in [5.41, 5.74) is 7.27. The van der Waals surface area contributed by atoms with E-state index in [1.54, 1.807) is 11.3 Å². The molecule has 0 aliphatic heterocycles. The Morgan fingerprint density at radius 1 is 1.42 bits per heavy atom. The summed E-state index contributed by atoms with van der Waals surface area (Å²) in [6.07, 6.45) is 6.04. The van der Waals surface area contributed by atoms with Crippen molar-refractivity contribution in [3.63, 3.8) is 0 Å². The average Bonchev–Trinajstić information content (AvgIpc) is 2.83. The number of hydrogen-bond acceptors (Lipinski definition) is 4. The van der Waals surface area contributed by atoms with Gasteiger partial charge >= 0.3 is 0 Å². The van der Waals surface area contributed by atoms with Crippen LogP contribution in [0.3, 0.4) is 0 Å². The van der Waals surface area contributed by atoms with Gasteiger partial charge in [0.05, 0.1) is 16.7 Å². The summed E-state index contributed by atoms with van der Waals surface area (Å²) in [5.74, 6) is 0. The fourth-order valence-corrected chi connectivity index (χ4v) is 3.82. The monoisotopic (exact) mass is 281 g/mol. The zero-order chi connectivity index (χ0) is 13.8. The zero-order valence-electron chi connectivity index (χ0n) is 12.4. The average molecular weight is 281 g/mol. The third kappa shape index (κ3) is 3.77. The maximum atomic E-state index is 6.03. The molecular weight excluding hydrogens is 254 g/mol. The van der Waals surface area contributed by atoms with Gasteiger partial charge in [-0.05, 0) is 52.5 Å². The van der Waals surface area contributed by atoms with E-state index >= 15 is 0 Å². The van der Waals surface area contributed by atoms with E-state index in [1.165, 1.54) is 42.8 Å². The molecule has 0 saturated heterocycles. The van der Waals surface area contributed by atoms with E-state index in [0.29, 0.717) is 18.1 Å². The van der Waals surface area contributed by atoms with E-state index in [1.807, 2.05) is 0 Å². The highest BCUT2D eigenvalue weighted by Gasteiger charge is 2.28. The van der Waals surface area contributed by atoms with Crippen LogP contribution in [0.4, 0.5) is 0 Å². The molecule has 1 atom stereocenters. The summed E-state index contributed by atoms with van der Waals surface area (Å²) < 4.78 is 0. The van der Waals surface area contributed by atoms with Crippen molar-refractivity contribution in [2.45, 2.75) is 71.0 Å². The number of nitrogens with two attached hydrogens (primary N) is 1. The lowest BCUT2D eigenvalue weighted by molar-refractivity contribution is 0.106. The number of nitrogens with zero attached hydrogens (tertiary/aromatic N) is 2. The quantitative estimate of drug-likeness (QED) is 0.898. The Balaban J connectivity index is 2.06. The van der Waals surface area contributed by atoms with Crippen LogP contribution >= 0.6 is 11.3 Å². The lowest BCUT2D eigenvalue weighted by Gasteiger charge is -2.39. The molecule has 0 bridgehead atoms. The maximum Gasteiger partial charge on any atom is 0.0898 e. The van der Waals surface area contributed by atoms with Gasteiger partial charge in [-0.3, -0.25) is 4.90 Å². The summed E-state index contributed by atoms with van der Waals surface area (Å²) in [5, 5.41) is 3.39. The summed E-state index contributed by atoms with van der Waals surface area (Å²) in [6.45, 7) is 7.82. The largest absolute Gasteiger partial charge is 0.328 e. The van der Waals surface area contributed by atoms with Crippen molar-refractivity contribution in [2.75, 3.05) is 6.54 Å². The first-order valence-electron chi connectivity index (χ1n) is 7.55. The van der Waals surface area contributed by atoms with Gasteiger partial charge in [0, 0.05) is 17.5 Å². The van der Waals surface area contributed by atoms with Crippen molar-refractivity contribution in [2.24, 2.45) is 5.73 Å². The van der Waals surface area contributed by atoms with Crippen LogP contribution in [0.15, 0.2) is 5.38 Å². The zero-order valence-corrected chi connectivity index (χ0v) is 13.2. The van der Waals surface area contributed by atoms with Crippen LogP contribution in [-0.2, 0) is 0 Å². The molecule has 3 nitrogen and oxygen atoms in total. The normalized spacial score (nSPS) is 25.7. The van der Waals surface area contributed by atoms with E-state index in [9.17, 15) is 0 Å². The van der Waals surface area contributed by atoms with E-state index in [2.05, 4.69) is 36.0 Å². The van der Waals surface area contributed by atoms with E-state index in [-0.39, 0.29) is 0 Å². The van der Waals surface area contributed by atoms with Crippen molar-refractivity contribution < 1.29 is 0 Å². The van der Waals surface area contributed by atoms with Gasteiger partial charge in [-0.1, -0.05) is 6.92 Å². The summed E-state index contributed by atoms with van der Waals surface area (Å²) in [4.78, 5) is 7.33.